The molecule has 2 fully saturated rings. The maximum absolute atomic E-state index is 15.4. The Labute approximate surface area is 239 Å². The number of hydrogen-bond donors (Lipinski definition) is 2. The molecule has 41 heavy (non-hydrogen) atoms. The second-order valence-electron chi connectivity index (χ2n) is 12.2. The predicted octanol–water partition coefficient (Wildman–Crippen LogP) is 6.16. The van der Waals surface area contributed by atoms with Crippen LogP contribution in [0, 0.1) is 5.82 Å². The summed E-state index contributed by atoms with van der Waals surface area (Å²) in [6.45, 7) is 11.0. The molecule has 2 aliphatic carbocycles. The number of halogens is 1. The number of nitrogens with zero attached hydrogens (tertiary/aromatic N) is 5. The fourth-order valence-electron chi connectivity index (χ4n) is 5.29. The van der Waals surface area contributed by atoms with Gasteiger partial charge in [-0.15, -0.1) is 0 Å². The molecule has 1 saturated carbocycles. The van der Waals surface area contributed by atoms with E-state index in [0.29, 0.717) is 48.6 Å². The highest BCUT2D eigenvalue weighted by atomic mass is 19.1. The van der Waals surface area contributed by atoms with Crippen LogP contribution in [-0.4, -0.2) is 62.4 Å². The number of hydrogen-bond acceptors (Lipinski definition) is 8. The predicted molar refractivity (Wildman–Crippen MR) is 154 cm³/mol. The maximum Gasteiger partial charge on any atom is 0.410 e. The van der Waals surface area contributed by atoms with E-state index in [9.17, 15) is 4.79 Å². The molecule has 1 aliphatic heterocycles. The van der Waals surface area contributed by atoms with Crippen LogP contribution in [0.2, 0.25) is 0 Å². The highest BCUT2D eigenvalue weighted by Crippen LogP contribution is 2.40. The summed E-state index contributed by atoms with van der Waals surface area (Å²) in [6.07, 6.45) is 4.56. The number of nitrogens with one attached hydrogen (secondary N) is 2. The number of ether oxygens (including phenoxy) is 2. The summed E-state index contributed by atoms with van der Waals surface area (Å²) in [4.78, 5) is 25.7. The molecule has 1 atom stereocenters. The van der Waals surface area contributed by atoms with Crippen LogP contribution in [0.1, 0.15) is 70.2 Å². The Bertz CT molecular complexity index is 1510. The third kappa shape index (κ3) is 5.98. The van der Waals surface area contributed by atoms with Gasteiger partial charge in [0.1, 0.15) is 17.2 Å². The largest absolute Gasteiger partial charge is 0.444 e. The summed E-state index contributed by atoms with van der Waals surface area (Å²) in [5.74, 6) is 1.87. The van der Waals surface area contributed by atoms with Gasteiger partial charge in [0.15, 0.2) is 17.4 Å². The Morgan fingerprint density at radius 2 is 1.95 bits per heavy atom. The molecule has 6 rings (SSSR count). The van der Waals surface area contributed by atoms with Crippen molar-refractivity contribution in [1.82, 2.24) is 25.1 Å². The number of allylic oxidation sites excluding steroid dienone is 1. The first-order valence-electron chi connectivity index (χ1n) is 14.1. The second kappa shape index (κ2) is 10.4. The van der Waals surface area contributed by atoms with Gasteiger partial charge >= 0.3 is 12.1 Å². The third-order valence-corrected chi connectivity index (χ3v) is 7.43. The molecule has 0 bridgehead atoms. The summed E-state index contributed by atoms with van der Waals surface area (Å²) < 4.78 is 27.0. The van der Waals surface area contributed by atoms with Crippen LogP contribution in [0.15, 0.2) is 29.8 Å². The molecular weight excluding hydrogens is 525 g/mol. The number of aromatic amines is 1. The number of anilines is 3. The lowest BCUT2D eigenvalue weighted by Gasteiger charge is -2.40. The number of benzene rings is 1. The zero-order chi connectivity index (χ0) is 28.9. The molecule has 10 nitrogen and oxygen atoms in total. The van der Waals surface area contributed by atoms with E-state index in [0.717, 1.165) is 36.1 Å². The van der Waals surface area contributed by atoms with E-state index < -0.39 is 11.4 Å². The topological polar surface area (TPSA) is 108 Å². The first kappa shape index (κ1) is 27.0. The average molecular weight is 562 g/mol. The maximum atomic E-state index is 15.4. The normalized spacial score (nSPS) is 18.7. The lowest BCUT2D eigenvalue weighted by molar-refractivity contribution is 0.0218. The highest BCUT2D eigenvalue weighted by Gasteiger charge is 2.31. The number of rotatable bonds is 6. The van der Waals surface area contributed by atoms with Gasteiger partial charge in [0.05, 0.1) is 0 Å². The van der Waals surface area contributed by atoms with Crippen molar-refractivity contribution < 1.29 is 18.7 Å². The zero-order valence-electron chi connectivity index (χ0n) is 24.1. The van der Waals surface area contributed by atoms with E-state index in [1.54, 1.807) is 11.0 Å². The van der Waals surface area contributed by atoms with E-state index in [2.05, 4.69) is 30.4 Å². The number of carbonyl (C=O) groups excluding carboxylic acids is 1. The van der Waals surface area contributed by atoms with Crippen molar-refractivity contribution in [3.8, 4) is 11.8 Å². The Morgan fingerprint density at radius 1 is 1.15 bits per heavy atom. The number of amides is 1. The quantitative estimate of drug-likeness (QED) is 0.369. The fourth-order valence-corrected chi connectivity index (χ4v) is 5.29. The number of piperazine rings is 1. The van der Waals surface area contributed by atoms with Gasteiger partial charge in [0.2, 0.25) is 0 Å². The first-order chi connectivity index (χ1) is 19.5. The SMILES string of the molecule is CC1=Cc2c(ccc(Oc3nc(Nc4cc(C5CC5)[nH]n4)cc(N4CCN(C(=O)OC(C)(C)C)C[C@H]4C)n3)c2F)C1. The minimum atomic E-state index is -0.566. The van der Waals surface area contributed by atoms with Gasteiger partial charge in [-0.3, -0.25) is 5.10 Å². The molecule has 3 aliphatic rings. The summed E-state index contributed by atoms with van der Waals surface area (Å²) in [6, 6.07) is 7.26. The second-order valence-corrected chi connectivity index (χ2v) is 12.2. The molecule has 11 heteroatoms. The van der Waals surface area contributed by atoms with E-state index in [4.69, 9.17) is 9.47 Å². The molecule has 1 aromatic carbocycles. The zero-order valence-corrected chi connectivity index (χ0v) is 24.1. The van der Waals surface area contributed by atoms with Crippen molar-refractivity contribution in [2.45, 2.75) is 71.4 Å². The summed E-state index contributed by atoms with van der Waals surface area (Å²) in [5.41, 5.74) is 3.11. The molecule has 2 aromatic heterocycles. The lowest BCUT2D eigenvalue weighted by atomic mass is 10.1. The van der Waals surface area contributed by atoms with Crippen molar-refractivity contribution in [2.75, 3.05) is 29.9 Å². The number of H-pyrrole nitrogens is 1. The molecule has 0 unspecified atom stereocenters. The van der Waals surface area contributed by atoms with Crippen molar-refractivity contribution in [2.24, 2.45) is 0 Å². The Morgan fingerprint density at radius 3 is 2.68 bits per heavy atom. The van der Waals surface area contributed by atoms with Crippen molar-refractivity contribution in [3.05, 3.63) is 52.5 Å². The van der Waals surface area contributed by atoms with Gasteiger partial charge in [-0.2, -0.15) is 15.1 Å². The van der Waals surface area contributed by atoms with Crippen LogP contribution in [-0.2, 0) is 11.2 Å². The number of aromatic nitrogens is 4. The fraction of sp³-hybridized carbons (Fsp3) is 0.467. The van der Waals surface area contributed by atoms with E-state index in [-0.39, 0.29) is 23.9 Å². The average Bonchev–Trinajstić information content (AvgIpc) is 3.52. The van der Waals surface area contributed by atoms with Crippen LogP contribution >= 0.6 is 0 Å². The molecular formula is C30H36FN7O3. The Hall–Kier alpha value is -4.15. The highest BCUT2D eigenvalue weighted by molar-refractivity contribution is 5.69. The van der Waals surface area contributed by atoms with Crippen LogP contribution in [0.5, 0.6) is 11.8 Å². The smallest absolute Gasteiger partial charge is 0.410 e. The van der Waals surface area contributed by atoms with Crippen LogP contribution < -0.4 is 15.0 Å². The molecule has 0 radical (unpaired) electrons. The van der Waals surface area contributed by atoms with Crippen LogP contribution in [0.25, 0.3) is 6.08 Å². The number of carbonyl (C=O) groups is 1. The van der Waals surface area contributed by atoms with Gasteiger partial charge in [-0.1, -0.05) is 17.7 Å². The summed E-state index contributed by atoms with van der Waals surface area (Å²) in [7, 11) is 0. The van der Waals surface area contributed by atoms with Gasteiger partial charge in [0.25, 0.3) is 0 Å². The summed E-state index contributed by atoms with van der Waals surface area (Å²) >= 11 is 0. The molecule has 0 spiro atoms. The molecule has 2 N–H and O–H groups in total. The van der Waals surface area contributed by atoms with Crippen molar-refractivity contribution in [1.29, 1.82) is 0 Å². The van der Waals surface area contributed by atoms with Gasteiger partial charge < -0.3 is 24.6 Å². The van der Waals surface area contributed by atoms with Gasteiger partial charge in [-0.05, 0) is 65.5 Å². The molecule has 1 amide bonds. The minimum absolute atomic E-state index is 0.0160. The Balaban J connectivity index is 1.27. The van der Waals surface area contributed by atoms with E-state index in [1.165, 1.54) is 0 Å². The number of fused-ring (bicyclic) bond motifs is 1. The van der Waals surface area contributed by atoms with Crippen molar-refractivity contribution >= 4 is 29.6 Å². The van der Waals surface area contributed by atoms with E-state index >= 15 is 4.39 Å². The molecule has 216 valence electrons. The standard InChI is InChI=1S/C30H36FN7O3/c1-17-12-20-8-9-23(27(31)21(20)13-17)40-28-33-24(32-25-14-22(35-36-25)19-6-7-19)15-26(34-28)38-11-10-37(16-18(38)2)29(39)41-30(3,4)5/h8-9,13-15,18-19H,6-7,10-12,16H2,1-5H3,(H2,32,33,34,35,36)/t18-/m1/s1. The monoisotopic (exact) mass is 561 g/mol. The molecule has 3 heterocycles. The third-order valence-electron chi connectivity index (χ3n) is 7.43. The van der Waals surface area contributed by atoms with Gasteiger partial charge in [-0.25, -0.2) is 9.18 Å². The van der Waals surface area contributed by atoms with Gasteiger partial charge in [0, 0.05) is 55.0 Å². The minimum Gasteiger partial charge on any atom is -0.444 e. The summed E-state index contributed by atoms with van der Waals surface area (Å²) in [5, 5.41) is 10.7. The van der Waals surface area contributed by atoms with E-state index in [1.807, 2.05) is 58.9 Å². The van der Waals surface area contributed by atoms with Crippen molar-refractivity contribution in [3.63, 3.8) is 0 Å². The first-order valence-corrected chi connectivity index (χ1v) is 14.1. The Kier molecular flexibility index (Phi) is 6.83. The lowest BCUT2D eigenvalue weighted by Crippen LogP contribution is -2.54. The van der Waals surface area contributed by atoms with Crippen LogP contribution in [0.3, 0.4) is 0 Å². The molecule has 1 saturated heterocycles. The van der Waals surface area contributed by atoms with Crippen LogP contribution in [0.4, 0.5) is 26.6 Å². The molecule has 3 aromatic rings.